The molecule has 0 radical (unpaired) electrons. The molecule has 1 heterocycles. The number of nitrogen functional groups attached to an aromatic ring is 1. The van der Waals surface area contributed by atoms with Crippen LogP contribution >= 0.6 is 0 Å². The Kier molecular flexibility index (Phi) is 4.70. The fourth-order valence-corrected chi connectivity index (χ4v) is 2.18. The van der Waals surface area contributed by atoms with E-state index in [0.29, 0.717) is 4.57 Å². The van der Waals surface area contributed by atoms with Gasteiger partial charge in [-0.25, -0.2) is 4.98 Å². The lowest BCUT2D eigenvalue weighted by atomic mass is 9.98. The van der Waals surface area contributed by atoms with Crippen LogP contribution in [0.25, 0.3) is 11.1 Å². The number of halogens is 9. The van der Waals surface area contributed by atoms with Crippen molar-refractivity contribution < 1.29 is 39.5 Å². The molecule has 0 aliphatic rings. The number of nitrogens with zero attached hydrogens (tertiary/aromatic N) is 2. The summed E-state index contributed by atoms with van der Waals surface area (Å²) in [6.45, 7) is 0. The number of aromatic nitrogens is 2. The highest BCUT2D eigenvalue weighted by Gasteiger charge is 2.41. The number of anilines is 1. The van der Waals surface area contributed by atoms with E-state index in [2.05, 4.69) is 4.98 Å². The number of alkyl halides is 9. The van der Waals surface area contributed by atoms with E-state index in [4.69, 9.17) is 5.73 Å². The number of benzene rings is 1. The quantitative estimate of drug-likeness (QED) is 0.728. The Morgan fingerprint density at radius 1 is 0.852 bits per heavy atom. The van der Waals surface area contributed by atoms with Gasteiger partial charge in [-0.2, -0.15) is 39.5 Å². The summed E-state index contributed by atoms with van der Waals surface area (Å²) in [6, 6.07) is -0.246. The fraction of sp³-hybridized carbons (Fsp3) is 0.286. The Labute approximate surface area is 144 Å². The molecule has 1 aromatic carbocycles. The minimum atomic E-state index is -5.36. The third-order valence-corrected chi connectivity index (χ3v) is 3.47. The first-order chi connectivity index (χ1) is 12.0. The molecule has 0 saturated heterocycles. The number of nitrogens with two attached hydrogens (primary N) is 1. The first kappa shape index (κ1) is 20.6. The molecule has 4 nitrogen and oxygen atoms in total. The molecule has 0 bridgehead atoms. The van der Waals surface area contributed by atoms with E-state index in [0.717, 1.165) is 7.05 Å². The van der Waals surface area contributed by atoms with Gasteiger partial charge in [-0.05, 0) is 23.8 Å². The molecule has 0 saturated carbocycles. The van der Waals surface area contributed by atoms with E-state index in [9.17, 15) is 44.3 Å². The molecule has 27 heavy (non-hydrogen) atoms. The zero-order valence-electron chi connectivity index (χ0n) is 13.0. The predicted octanol–water partition coefficient (Wildman–Crippen LogP) is 4.09. The van der Waals surface area contributed by atoms with Gasteiger partial charge in [0.25, 0.3) is 5.56 Å². The second-order valence-electron chi connectivity index (χ2n) is 5.35. The third kappa shape index (κ3) is 4.01. The summed E-state index contributed by atoms with van der Waals surface area (Å²) in [5.74, 6) is -0.918. The van der Waals surface area contributed by atoms with Crippen LogP contribution in [0.1, 0.15) is 16.8 Å². The van der Waals surface area contributed by atoms with E-state index in [-0.39, 0.29) is 18.2 Å². The van der Waals surface area contributed by atoms with Gasteiger partial charge in [-0.3, -0.25) is 9.36 Å². The van der Waals surface area contributed by atoms with Crippen LogP contribution in [0.3, 0.4) is 0 Å². The molecule has 0 fully saturated rings. The van der Waals surface area contributed by atoms with Crippen molar-refractivity contribution in [3.05, 3.63) is 45.4 Å². The summed E-state index contributed by atoms with van der Waals surface area (Å²) in [4.78, 5) is 15.1. The summed E-state index contributed by atoms with van der Waals surface area (Å²) < 4.78 is 117. The Balaban J connectivity index is 2.98. The van der Waals surface area contributed by atoms with Crippen molar-refractivity contribution in [2.75, 3.05) is 5.73 Å². The van der Waals surface area contributed by atoms with E-state index in [1.54, 1.807) is 0 Å². The molecule has 0 amide bonds. The van der Waals surface area contributed by atoms with Crippen molar-refractivity contribution in [1.82, 2.24) is 9.55 Å². The fourth-order valence-electron chi connectivity index (χ4n) is 2.18. The highest BCUT2D eigenvalue weighted by molar-refractivity contribution is 5.68. The summed E-state index contributed by atoms with van der Waals surface area (Å²) in [7, 11) is 0.868. The van der Waals surface area contributed by atoms with Crippen LogP contribution < -0.4 is 11.3 Å². The highest BCUT2D eigenvalue weighted by Crippen LogP contribution is 2.40. The highest BCUT2D eigenvalue weighted by atomic mass is 19.4. The van der Waals surface area contributed by atoms with Crippen LogP contribution in [0.2, 0.25) is 0 Å². The second-order valence-corrected chi connectivity index (χ2v) is 5.35. The molecule has 0 aliphatic carbocycles. The van der Waals surface area contributed by atoms with Crippen LogP contribution in [-0.2, 0) is 25.6 Å². The maximum atomic E-state index is 13.2. The van der Waals surface area contributed by atoms with Crippen LogP contribution in [0, 0.1) is 0 Å². The molecule has 0 spiro atoms. The summed E-state index contributed by atoms with van der Waals surface area (Å²) in [5.41, 5.74) is -4.85. The smallest absolute Gasteiger partial charge is 0.369 e. The summed E-state index contributed by atoms with van der Waals surface area (Å²) in [5, 5.41) is 0. The van der Waals surface area contributed by atoms with Gasteiger partial charge in [-0.15, -0.1) is 0 Å². The van der Waals surface area contributed by atoms with E-state index in [1.165, 1.54) is 0 Å². The zero-order chi connectivity index (χ0) is 20.9. The molecular formula is C14H8F9N3O. The van der Waals surface area contributed by atoms with Gasteiger partial charge in [-0.1, -0.05) is 0 Å². The Bertz CT molecular complexity index is 907. The van der Waals surface area contributed by atoms with Crippen molar-refractivity contribution in [3.8, 4) is 11.1 Å². The lowest BCUT2D eigenvalue weighted by Gasteiger charge is -2.17. The normalized spacial score (nSPS) is 13.1. The van der Waals surface area contributed by atoms with Gasteiger partial charge in [0.1, 0.15) is 0 Å². The maximum absolute atomic E-state index is 13.2. The third-order valence-electron chi connectivity index (χ3n) is 3.47. The van der Waals surface area contributed by atoms with E-state index >= 15 is 0 Å². The Morgan fingerprint density at radius 3 is 1.67 bits per heavy atom. The van der Waals surface area contributed by atoms with Gasteiger partial charge in [0.2, 0.25) is 5.95 Å². The molecular weight excluding hydrogens is 397 g/mol. The van der Waals surface area contributed by atoms with Crippen molar-refractivity contribution in [3.63, 3.8) is 0 Å². The summed E-state index contributed by atoms with van der Waals surface area (Å²) in [6.07, 6.45) is -16.0. The van der Waals surface area contributed by atoms with Crippen molar-refractivity contribution in [2.45, 2.75) is 18.5 Å². The molecule has 0 atom stereocenters. The molecule has 2 aromatic rings. The van der Waals surface area contributed by atoms with Crippen LogP contribution in [0.15, 0.2) is 23.0 Å². The Hall–Kier alpha value is -2.73. The van der Waals surface area contributed by atoms with Gasteiger partial charge in [0.15, 0.2) is 5.69 Å². The average molecular weight is 405 g/mol. The van der Waals surface area contributed by atoms with E-state index < -0.39 is 58.0 Å². The number of hydrogen-bond acceptors (Lipinski definition) is 3. The monoisotopic (exact) mass is 405 g/mol. The van der Waals surface area contributed by atoms with Crippen molar-refractivity contribution in [2.24, 2.45) is 7.05 Å². The molecule has 2 N–H and O–H groups in total. The van der Waals surface area contributed by atoms with Crippen molar-refractivity contribution in [1.29, 1.82) is 0 Å². The lowest BCUT2D eigenvalue weighted by molar-refractivity contribution is -0.143. The molecule has 13 heteroatoms. The maximum Gasteiger partial charge on any atom is 0.434 e. The molecule has 2 rings (SSSR count). The first-order valence-electron chi connectivity index (χ1n) is 6.77. The standard InChI is InChI=1S/C14H8F9N3O/c1-26-10(27)8(9(14(21,22)23)25-11(26)24)5-2-6(12(15,16)17)4-7(3-5)13(18,19)20/h2-4H,1H3,(H2,24,25). The van der Waals surface area contributed by atoms with Gasteiger partial charge >= 0.3 is 18.5 Å². The predicted molar refractivity (Wildman–Crippen MR) is 74.3 cm³/mol. The van der Waals surface area contributed by atoms with Gasteiger partial charge in [0, 0.05) is 7.05 Å². The lowest BCUT2D eigenvalue weighted by Crippen LogP contribution is -2.28. The molecule has 0 unspecified atom stereocenters. The van der Waals surface area contributed by atoms with Crippen LogP contribution in [-0.4, -0.2) is 9.55 Å². The number of rotatable bonds is 1. The SMILES string of the molecule is Cn1c(N)nc(C(F)(F)F)c(-c2cc(C(F)(F)F)cc(C(F)(F)F)c2)c1=O. The minimum Gasteiger partial charge on any atom is -0.369 e. The largest absolute Gasteiger partial charge is 0.434 e. The topological polar surface area (TPSA) is 60.9 Å². The molecule has 1 aromatic heterocycles. The minimum absolute atomic E-state index is 0.0130. The average Bonchev–Trinajstić information content (AvgIpc) is 2.49. The van der Waals surface area contributed by atoms with Crippen LogP contribution in [0.4, 0.5) is 45.5 Å². The molecule has 148 valence electrons. The Morgan fingerprint density at radius 2 is 1.30 bits per heavy atom. The first-order valence-corrected chi connectivity index (χ1v) is 6.77. The van der Waals surface area contributed by atoms with Gasteiger partial charge < -0.3 is 5.73 Å². The second kappa shape index (κ2) is 6.16. The zero-order valence-corrected chi connectivity index (χ0v) is 13.0. The number of hydrogen-bond donors (Lipinski definition) is 1. The van der Waals surface area contributed by atoms with Gasteiger partial charge in [0.05, 0.1) is 16.7 Å². The van der Waals surface area contributed by atoms with Crippen LogP contribution in [0.5, 0.6) is 0 Å². The summed E-state index contributed by atoms with van der Waals surface area (Å²) >= 11 is 0. The van der Waals surface area contributed by atoms with E-state index in [1.807, 2.05) is 0 Å². The van der Waals surface area contributed by atoms with Crippen molar-refractivity contribution >= 4 is 5.95 Å². The molecule has 0 aliphatic heterocycles.